The lowest BCUT2D eigenvalue weighted by Gasteiger charge is -2.30. The molecule has 1 atom stereocenters. The SMILES string of the molecule is Cn1cc(-c2cccc(-c3ncc(-c4cnn(CC(=O)N5CCCC(O)C5)c4)cn3)c2)cn1. The van der Waals surface area contributed by atoms with Gasteiger partial charge in [0.25, 0.3) is 0 Å². The Labute approximate surface area is 191 Å². The molecule has 3 aromatic heterocycles. The third-order valence-electron chi connectivity index (χ3n) is 5.82. The van der Waals surface area contributed by atoms with Gasteiger partial charge in [0.05, 0.1) is 18.5 Å². The molecule has 0 saturated carbocycles. The Hall–Kier alpha value is -3.85. The molecule has 0 bridgehead atoms. The number of rotatable bonds is 5. The Balaban J connectivity index is 1.29. The number of carbonyl (C=O) groups excluding carboxylic acids is 1. The van der Waals surface area contributed by atoms with Crippen LogP contribution in [0.3, 0.4) is 0 Å². The first-order chi connectivity index (χ1) is 16.0. The van der Waals surface area contributed by atoms with Crippen molar-refractivity contribution in [1.29, 1.82) is 0 Å². The standard InChI is InChI=1S/C24H25N7O2/c1-29-13-20(11-27-29)17-4-2-5-18(8-17)24-25-9-19(10-26-24)21-12-28-31(14-21)16-23(33)30-7-3-6-22(32)15-30/h2,4-5,8-14,22,32H,3,6-7,15-16H2,1H3. The van der Waals surface area contributed by atoms with Gasteiger partial charge in [-0.2, -0.15) is 10.2 Å². The summed E-state index contributed by atoms with van der Waals surface area (Å²) in [5.74, 6) is 0.596. The minimum absolute atomic E-state index is 0.0384. The zero-order chi connectivity index (χ0) is 22.8. The quantitative estimate of drug-likeness (QED) is 0.508. The first kappa shape index (κ1) is 21.0. The molecule has 1 aromatic carbocycles. The van der Waals surface area contributed by atoms with Crippen molar-refractivity contribution in [1.82, 2.24) is 34.4 Å². The number of benzene rings is 1. The number of aliphatic hydroxyl groups excluding tert-OH is 1. The van der Waals surface area contributed by atoms with Crippen molar-refractivity contribution >= 4 is 5.91 Å². The van der Waals surface area contributed by atoms with Gasteiger partial charge >= 0.3 is 0 Å². The molecule has 5 rings (SSSR count). The van der Waals surface area contributed by atoms with Gasteiger partial charge in [0.1, 0.15) is 6.54 Å². The van der Waals surface area contributed by atoms with E-state index in [2.05, 4.69) is 20.2 Å². The van der Waals surface area contributed by atoms with Gasteiger partial charge in [0.15, 0.2) is 5.82 Å². The molecule has 168 valence electrons. The Morgan fingerprint density at radius 2 is 1.76 bits per heavy atom. The lowest BCUT2D eigenvalue weighted by Crippen LogP contribution is -2.43. The van der Waals surface area contributed by atoms with E-state index in [9.17, 15) is 9.90 Å². The molecule has 1 aliphatic heterocycles. The maximum absolute atomic E-state index is 12.5. The van der Waals surface area contributed by atoms with Crippen LogP contribution in [0.5, 0.6) is 0 Å². The molecule has 4 aromatic rings. The van der Waals surface area contributed by atoms with Crippen molar-refractivity contribution in [3.8, 4) is 33.6 Å². The van der Waals surface area contributed by atoms with E-state index in [1.807, 2.05) is 49.9 Å². The van der Waals surface area contributed by atoms with Crippen LogP contribution in [-0.2, 0) is 18.4 Å². The largest absolute Gasteiger partial charge is 0.391 e. The van der Waals surface area contributed by atoms with E-state index in [0.717, 1.165) is 40.7 Å². The zero-order valence-corrected chi connectivity index (χ0v) is 18.4. The summed E-state index contributed by atoms with van der Waals surface area (Å²) in [7, 11) is 1.89. The van der Waals surface area contributed by atoms with Crippen LogP contribution in [0.15, 0.2) is 61.4 Å². The highest BCUT2D eigenvalue weighted by molar-refractivity contribution is 5.76. The number of hydrogen-bond donors (Lipinski definition) is 1. The van der Waals surface area contributed by atoms with Crippen molar-refractivity contribution in [3.63, 3.8) is 0 Å². The third kappa shape index (κ3) is 4.68. The second-order valence-corrected chi connectivity index (χ2v) is 8.34. The molecule has 1 aliphatic rings. The number of piperidine rings is 1. The Bertz CT molecular complexity index is 1260. The fourth-order valence-electron chi connectivity index (χ4n) is 4.05. The highest BCUT2D eigenvalue weighted by atomic mass is 16.3. The number of aliphatic hydroxyl groups is 1. The Morgan fingerprint density at radius 1 is 1.00 bits per heavy atom. The monoisotopic (exact) mass is 443 g/mol. The van der Waals surface area contributed by atoms with Gasteiger partial charge in [-0.25, -0.2) is 9.97 Å². The topological polar surface area (TPSA) is 102 Å². The number of β-amino-alcohol motifs (C(OH)–C–C–N with tert-alkyl or cyclic N) is 1. The summed E-state index contributed by atoms with van der Waals surface area (Å²) in [4.78, 5) is 23.3. The zero-order valence-electron chi connectivity index (χ0n) is 18.4. The maximum Gasteiger partial charge on any atom is 0.244 e. The summed E-state index contributed by atoms with van der Waals surface area (Å²) >= 11 is 0. The molecule has 1 N–H and O–H groups in total. The first-order valence-electron chi connectivity index (χ1n) is 11.0. The Morgan fingerprint density at radius 3 is 2.52 bits per heavy atom. The van der Waals surface area contributed by atoms with Crippen molar-refractivity contribution in [3.05, 3.63) is 61.4 Å². The van der Waals surface area contributed by atoms with E-state index in [0.29, 0.717) is 18.9 Å². The molecule has 0 aliphatic carbocycles. The molecule has 9 nitrogen and oxygen atoms in total. The number of hydrogen-bond acceptors (Lipinski definition) is 6. The molecule has 1 fully saturated rings. The molecule has 1 amide bonds. The maximum atomic E-state index is 12.5. The van der Waals surface area contributed by atoms with Crippen molar-refractivity contribution in [2.75, 3.05) is 13.1 Å². The van der Waals surface area contributed by atoms with Gasteiger partial charge < -0.3 is 10.0 Å². The average molecular weight is 444 g/mol. The van der Waals surface area contributed by atoms with Crippen LogP contribution in [0.25, 0.3) is 33.6 Å². The first-order valence-corrected chi connectivity index (χ1v) is 11.0. The number of nitrogens with zero attached hydrogens (tertiary/aromatic N) is 7. The number of amides is 1. The van der Waals surface area contributed by atoms with E-state index < -0.39 is 6.10 Å². The summed E-state index contributed by atoms with van der Waals surface area (Å²) in [6.07, 6.45) is 12.0. The molecule has 0 spiro atoms. The van der Waals surface area contributed by atoms with Gasteiger partial charge in [-0.3, -0.25) is 14.2 Å². The average Bonchev–Trinajstić information content (AvgIpc) is 3.48. The van der Waals surface area contributed by atoms with Crippen LogP contribution in [0.1, 0.15) is 12.8 Å². The van der Waals surface area contributed by atoms with Crippen molar-refractivity contribution < 1.29 is 9.90 Å². The van der Waals surface area contributed by atoms with Crippen LogP contribution in [-0.4, -0.2) is 64.6 Å². The van der Waals surface area contributed by atoms with Crippen LogP contribution < -0.4 is 0 Å². The minimum atomic E-state index is -0.434. The van der Waals surface area contributed by atoms with Gasteiger partial charge in [-0.05, 0) is 24.5 Å². The van der Waals surface area contributed by atoms with E-state index in [1.54, 1.807) is 32.9 Å². The minimum Gasteiger partial charge on any atom is -0.391 e. The molecule has 33 heavy (non-hydrogen) atoms. The van der Waals surface area contributed by atoms with Crippen molar-refractivity contribution in [2.45, 2.75) is 25.5 Å². The predicted molar refractivity (Wildman–Crippen MR) is 123 cm³/mol. The van der Waals surface area contributed by atoms with Crippen molar-refractivity contribution in [2.24, 2.45) is 7.05 Å². The third-order valence-corrected chi connectivity index (χ3v) is 5.82. The molecule has 9 heteroatoms. The lowest BCUT2D eigenvalue weighted by atomic mass is 10.1. The van der Waals surface area contributed by atoms with Gasteiger partial charge in [0.2, 0.25) is 5.91 Å². The fourth-order valence-corrected chi connectivity index (χ4v) is 4.05. The lowest BCUT2D eigenvalue weighted by molar-refractivity contribution is -0.135. The predicted octanol–water partition coefficient (Wildman–Crippen LogP) is 2.39. The number of aromatic nitrogens is 6. The fraction of sp³-hybridized carbons (Fsp3) is 0.292. The molecule has 1 saturated heterocycles. The summed E-state index contributed by atoms with van der Waals surface area (Å²) in [6, 6.07) is 8.05. The van der Waals surface area contributed by atoms with E-state index in [4.69, 9.17) is 0 Å². The van der Waals surface area contributed by atoms with Crippen LogP contribution in [0.2, 0.25) is 0 Å². The van der Waals surface area contributed by atoms with E-state index >= 15 is 0 Å². The molecule has 4 heterocycles. The number of likely N-dealkylation sites (tertiary alicyclic amines) is 1. The molecule has 0 radical (unpaired) electrons. The molecule has 1 unspecified atom stereocenters. The summed E-state index contributed by atoms with van der Waals surface area (Å²) in [6.45, 7) is 1.22. The molecular formula is C24H25N7O2. The van der Waals surface area contributed by atoms with Crippen LogP contribution in [0, 0.1) is 0 Å². The van der Waals surface area contributed by atoms with Gasteiger partial charge in [-0.1, -0.05) is 18.2 Å². The number of carbonyl (C=O) groups is 1. The highest BCUT2D eigenvalue weighted by Gasteiger charge is 2.22. The molecular weight excluding hydrogens is 418 g/mol. The summed E-state index contributed by atoms with van der Waals surface area (Å²) < 4.78 is 3.39. The second kappa shape index (κ2) is 8.95. The smallest absolute Gasteiger partial charge is 0.244 e. The van der Waals surface area contributed by atoms with Crippen LogP contribution >= 0.6 is 0 Å². The van der Waals surface area contributed by atoms with E-state index in [1.165, 1.54) is 0 Å². The van der Waals surface area contributed by atoms with Gasteiger partial charge in [0, 0.05) is 67.2 Å². The normalized spacial score (nSPS) is 16.2. The summed E-state index contributed by atoms with van der Waals surface area (Å²) in [5.41, 5.74) is 4.69. The van der Waals surface area contributed by atoms with E-state index in [-0.39, 0.29) is 12.5 Å². The second-order valence-electron chi connectivity index (χ2n) is 8.34. The Kier molecular flexibility index (Phi) is 5.70. The van der Waals surface area contributed by atoms with Crippen LogP contribution in [0.4, 0.5) is 0 Å². The summed E-state index contributed by atoms with van der Waals surface area (Å²) in [5, 5.41) is 18.3. The number of aryl methyl sites for hydroxylation is 1. The van der Waals surface area contributed by atoms with Gasteiger partial charge in [-0.15, -0.1) is 0 Å². The highest BCUT2D eigenvalue weighted by Crippen LogP contribution is 2.25.